The molecule has 0 bridgehead atoms. The SMILES string of the molecule is C=C(C)C(=O)OC1CCC(C[Si](C)(C)O[Si](C)(C)C)CC1O. The van der Waals surface area contributed by atoms with E-state index in [1.807, 2.05) is 0 Å². The van der Waals surface area contributed by atoms with E-state index in [1.165, 1.54) is 0 Å². The maximum absolute atomic E-state index is 11.6. The Labute approximate surface area is 137 Å². The van der Waals surface area contributed by atoms with Gasteiger partial charge in [0, 0.05) is 5.57 Å². The second-order valence-electron chi connectivity index (χ2n) is 8.15. The minimum atomic E-state index is -1.70. The Morgan fingerprint density at radius 1 is 1.23 bits per heavy atom. The average Bonchev–Trinajstić information content (AvgIpc) is 2.28. The molecule has 0 aromatic rings. The normalized spacial score (nSPS) is 26.6. The maximum atomic E-state index is 11.6. The first-order chi connectivity index (χ1) is 9.89. The van der Waals surface area contributed by atoms with Gasteiger partial charge in [0.05, 0.1) is 6.10 Å². The quantitative estimate of drug-likeness (QED) is 0.453. The molecule has 0 spiro atoms. The van der Waals surface area contributed by atoms with Crippen molar-refractivity contribution in [2.45, 2.75) is 77.2 Å². The molecule has 6 heteroatoms. The number of ether oxygens (including phenoxy) is 1. The highest BCUT2D eigenvalue weighted by Gasteiger charge is 2.37. The monoisotopic (exact) mass is 344 g/mol. The average molecular weight is 345 g/mol. The van der Waals surface area contributed by atoms with Crippen molar-refractivity contribution < 1.29 is 18.8 Å². The predicted octanol–water partition coefficient (Wildman–Crippen LogP) is 3.69. The molecule has 4 nitrogen and oxygen atoms in total. The molecule has 0 aromatic heterocycles. The number of esters is 1. The van der Waals surface area contributed by atoms with E-state index in [4.69, 9.17) is 8.85 Å². The van der Waals surface area contributed by atoms with Gasteiger partial charge in [-0.05, 0) is 70.9 Å². The van der Waals surface area contributed by atoms with Crippen molar-refractivity contribution in [3.63, 3.8) is 0 Å². The zero-order valence-electron chi connectivity index (χ0n) is 14.9. The van der Waals surface area contributed by atoms with Crippen molar-refractivity contribution in [2.75, 3.05) is 0 Å². The van der Waals surface area contributed by atoms with Crippen LogP contribution in [0.15, 0.2) is 12.2 Å². The molecule has 22 heavy (non-hydrogen) atoms. The van der Waals surface area contributed by atoms with Crippen LogP contribution in [0.3, 0.4) is 0 Å². The minimum Gasteiger partial charge on any atom is -0.456 e. The van der Waals surface area contributed by atoms with Crippen LogP contribution in [0.1, 0.15) is 26.2 Å². The lowest BCUT2D eigenvalue weighted by atomic mass is 9.86. The van der Waals surface area contributed by atoms with Gasteiger partial charge in [-0.1, -0.05) is 6.58 Å². The van der Waals surface area contributed by atoms with E-state index in [1.54, 1.807) is 6.92 Å². The highest BCUT2D eigenvalue weighted by atomic mass is 28.4. The Hall–Kier alpha value is -0.436. The van der Waals surface area contributed by atoms with Gasteiger partial charge in [0.1, 0.15) is 6.10 Å². The van der Waals surface area contributed by atoms with E-state index in [-0.39, 0.29) is 6.10 Å². The third-order valence-electron chi connectivity index (χ3n) is 3.83. The van der Waals surface area contributed by atoms with Crippen molar-refractivity contribution in [2.24, 2.45) is 5.92 Å². The molecule has 1 N–H and O–H groups in total. The standard InChI is InChI=1S/C16H32O4Si2/c1-12(2)16(18)19-15-9-8-13(10-14(15)17)11-22(6,7)20-21(3,4)5/h13-15,17H,1,8-11H2,2-7H3. The van der Waals surface area contributed by atoms with E-state index in [0.29, 0.717) is 17.9 Å². The number of hydrogen-bond acceptors (Lipinski definition) is 4. The van der Waals surface area contributed by atoms with Crippen LogP contribution in [-0.4, -0.2) is 39.9 Å². The lowest BCUT2D eigenvalue weighted by Gasteiger charge is -2.38. The van der Waals surface area contributed by atoms with Gasteiger partial charge in [-0.3, -0.25) is 0 Å². The first kappa shape index (κ1) is 19.6. The first-order valence-electron chi connectivity index (χ1n) is 8.14. The van der Waals surface area contributed by atoms with Crippen LogP contribution in [0, 0.1) is 5.92 Å². The maximum Gasteiger partial charge on any atom is 0.333 e. The van der Waals surface area contributed by atoms with Gasteiger partial charge in [-0.2, -0.15) is 0 Å². The lowest BCUT2D eigenvalue weighted by Crippen LogP contribution is -2.45. The van der Waals surface area contributed by atoms with E-state index in [2.05, 4.69) is 39.3 Å². The lowest BCUT2D eigenvalue weighted by molar-refractivity contribution is -0.153. The summed E-state index contributed by atoms with van der Waals surface area (Å²) in [5.41, 5.74) is 0.381. The van der Waals surface area contributed by atoms with Gasteiger partial charge in [-0.25, -0.2) is 4.79 Å². The molecule has 0 radical (unpaired) electrons. The second-order valence-corrected chi connectivity index (χ2v) is 17.1. The van der Waals surface area contributed by atoms with Crippen molar-refractivity contribution >= 4 is 22.6 Å². The summed E-state index contributed by atoms with van der Waals surface area (Å²) in [4.78, 5) is 11.6. The molecule has 3 atom stereocenters. The summed E-state index contributed by atoms with van der Waals surface area (Å²) in [6.07, 6.45) is 1.44. The van der Waals surface area contributed by atoms with Crippen molar-refractivity contribution in [1.82, 2.24) is 0 Å². The number of carbonyl (C=O) groups excluding carboxylic acids is 1. The Morgan fingerprint density at radius 2 is 1.82 bits per heavy atom. The molecule has 1 aliphatic rings. The summed E-state index contributed by atoms with van der Waals surface area (Å²) >= 11 is 0. The summed E-state index contributed by atoms with van der Waals surface area (Å²) in [5.74, 6) is 0.0621. The number of hydrogen-bond donors (Lipinski definition) is 1. The van der Waals surface area contributed by atoms with Gasteiger partial charge >= 0.3 is 5.97 Å². The summed E-state index contributed by atoms with van der Waals surface area (Å²) in [6, 6.07) is 1.06. The van der Waals surface area contributed by atoms with Crippen LogP contribution in [0.4, 0.5) is 0 Å². The van der Waals surface area contributed by atoms with Crippen LogP contribution >= 0.6 is 0 Å². The van der Waals surface area contributed by atoms with Gasteiger partial charge in [0.15, 0.2) is 16.6 Å². The predicted molar refractivity (Wildman–Crippen MR) is 94.8 cm³/mol. The van der Waals surface area contributed by atoms with Gasteiger partial charge < -0.3 is 14.0 Å². The third-order valence-corrected chi connectivity index (χ3v) is 10.1. The molecule has 0 saturated heterocycles. The summed E-state index contributed by atoms with van der Waals surface area (Å²) in [5, 5.41) is 10.3. The molecule has 128 valence electrons. The second kappa shape index (κ2) is 7.42. The highest BCUT2D eigenvalue weighted by molar-refractivity contribution is 6.84. The molecule has 0 aromatic carbocycles. The van der Waals surface area contributed by atoms with Crippen LogP contribution in [0.5, 0.6) is 0 Å². The Bertz CT molecular complexity index is 415. The zero-order chi connectivity index (χ0) is 17.1. The Kier molecular flexibility index (Phi) is 6.62. The van der Waals surface area contributed by atoms with Crippen molar-refractivity contribution in [1.29, 1.82) is 0 Å². The summed E-state index contributed by atoms with van der Waals surface area (Å²) in [7, 11) is -3.22. The minimum absolute atomic E-state index is 0.381. The van der Waals surface area contributed by atoms with Gasteiger partial charge in [-0.15, -0.1) is 0 Å². The largest absolute Gasteiger partial charge is 0.456 e. The van der Waals surface area contributed by atoms with E-state index in [9.17, 15) is 9.90 Å². The molecular formula is C16H32O4Si2. The zero-order valence-corrected chi connectivity index (χ0v) is 16.9. The number of aliphatic hydroxyl groups excluding tert-OH is 1. The molecule has 1 saturated carbocycles. The van der Waals surface area contributed by atoms with Gasteiger partial charge in [0.2, 0.25) is 0 Å². The molecule has 1 aliphatic carbocycles. The number of aliphatic hydroxyl groups is 1. The fourth-order valence-corrected chi connectivity index (χ4v) is 12.1. The molecule has 0 heterocycles. The topological polar surface area (TPSA) is 55.8 Å². The molecular weight excluding hydrogens is 312 g/mol. The van der Waals surface area contributed by atoms with E-state index >= 15 is 0 Å². The van der Waals surface area contributed by atoms with Crippen molar-refractivity contribution in [3.05, 3.63) is 12.2 Å². The highest BCUT2D eigenvalue weighted by Crippen LogP contribution is 2.34. The van der Waals surface area contributed by atoms with Crippen LogP contribution in [-0.2, 0) is 13.6 Å². The van der Waals surface area contributed by atoms with Crippen molar-refractivity contribution in [3.8, 4) is 0 Å². The van der Waals surface area contributed by atoms with E-state index in [0.717, 1.165) is 18.9 Å². The summed E-state index contributed by atoms with van der Waals surface area (Å²) in [6.45, 7) is 16.4. The van der Waals surface area contributed by atoms with Crippen LogP contribution in [0.2, 0.25) is 38.8 Å². The number of rotatable bonds is 6. The molecule has 1 fully saturated rings. The molecule has 1 rings (SSSR count). The Balaban J connectivity index is 2.52. The first-order valence-corrected chi connectivity index (χ1v) is 14.7. The molecule has 0 aliphatic heterocycles. The van der Waals surface area contributed by atoms with Crippen LogP contribution < -0.4 is 0 Å². The summed E-state index contributed by atoms with van der Waals surface area (Å²) < 4.78 is 11.7. The Morgan fingerprint density at radius 3 is 2.27 bits per heavy atom. The molecule has 0 amide bonds. The van der Waals surface area contributed by atoms with Gasteiger partial charge in [0.25, 0.3) is 0 Å². The van der Waals surface area contributed by atoms with E-state index < -0.39 is 28.7 Å². The van der Waals surface area contributed by atoms with Crippen LogP contribution in [0.25, 0.3) is 0 Å². The fraction of sp³-hybridized carbons (Fsp3) is 0.812. The smallest absolute Gasteiger partial charge is 0.333 e. The number of carbonyl (C=O) groups is 1. The fourth-order valence-electron chi connectivity index (χ4n) is 3.33. The third kappa shape index (κ3) is 6.77. The molecule has 3 unspecified atom stereocenters.